The van der Waals surface area contributed by atoms with Crippen LogP contribution in [-0.4, -0.2) is 22.9 Å². The minimum atomic E-state index is 0.615. The molecule has 0 fully saturated rings. The highest BCUT2D eigenvalue weighted by Crippen LogP contribution is 2.27. The lowest BCUT2D eigenvalue weighted by Crippen LogP contribution is -2.33. The van der Waals surface area contributed by atoms with Gasteiger partial charge in [-0.05, 0) is 25.7 Å². The molecule has 104 valence electrons. The van der Waals surface area contributed by atoms with E-state index in [1.807, 2.05) is 11.6 Å². The molecule has 2 N–H and O–H groups in total. The molecule has 0 bridgehead atoms. The average Bonchev–Trinajstić information content (AvgIpc) is 2.52. The number of hydrogen-bond donors (Lipinski definition) is 1. The second-order valence-corrected chi connectivity index (χ2v) is 5.83. The van der Waals surface area contributed by atoms with Gasteiger partial charge in [-0.3, -0.25) is 0 Å². The molecule has 0 saturated carbocycles. The summed E-state index contributed by atoms with van der Waals surface area (Å²) in [5, 5.41) is 4.51. The fraction of sp³-hybridized carbons (Fsp3) is 0.786. The van der Waals surface area contributed by atoms with Crippen LogP contribution in [0.5, 0.6) is 0 Å². The van der Waals surface area contributed by atoms with Gasteiger partial charge in [0.25, 0.3) is 0 Å². The zero-order valence-electron chi connectivity index (χ0n) is 12.7. The fourth-order valence-electron chi connectivity index (χ4n) is 2.27. The van der Waals surface area contributed by atoms with Crippen molar-refractivity contribution in [3.8, 4) is 0 Å². The Labute approximate surface area is 111 Å². The van der Waals surface area contributed by atoms with Gasteiger partial charge in [-0.25, -0.2) is 4.68 Å². The van der Waals surface area contributed by atoms with Crippen molar-refractivity contribution in [2.45, 2.75) is 48.1 Å². The normalized spacial score (nSPS) is 11.6. The summed E-state index contributed by atoms with van der Waals surface area (Å²) in [6.45, 7) is 15.9. The number of anilines is 2. The molecule has 0 aliphatic carbocycles. The first-order valence-electron chi connectivity index (χ1n) is 6.94. The van der Waals surface area contributed by atoms with Gasteiger partial charge in [-0.1, -0.05) is 27.7 Å². The summed E-state index contributed by atoms with van der Waals surface area (Å²) in [5.41, 5.74) is 7.97. The minimum absolute atomic E-state index is 0.615. The van der Waals surface area contributed by atoms with Crippen molar-refractivity contribution in [3.05, 3.63) is 5.69 Å². The van der Waals surface area contributed by atoms with E-state index in [1.54, 1.807) is 0 Å². The number of rotatable bonds is 6. The summed E-state index contributed by atoms with van der Waals surface area (Å²) in [6, 6.07) is 0. The summed E-state index contributed by atoms with van der Waals surface area (Å²) in [4.78, 5) is 2.38. The molecule has 1 aromatic rings. The summed E-state index contributed by atoms with van der Waals surface area (Å²) >= 11 is 0. The topological polar surface area (TPSA) is 47.1 Å². The molecule has 18 heavy (non-hydrogen) atoms. The first kappa shape index (κ1) is 14.9. The van der Waals surface area contributed by atoms with E-state index < -0.39 is 0 Å². The fourth-order valence-corrected chi connectivity index (χ4v) is 2.27. The van der Waals surface area contributed by atoms with Gasteiger partial charge in [-0.2, -0.15) is 5.10 Å². The highest BCUT2D eigenvalue weighted by Gasteiger charge is 2.19. The second-order valence-electron chi connectivity index (χ2n) is 5.83. The molecule has 1 heterocycles. The van der Waals surface area contributed by atoms with Crippen LogP contribution >= 0.6 is 0 Å². The van der Waals surface area contributed by atoms with Crippen LogP contribution in [0.15, 0.2) is 0 Å². The first-order chi connectivity index (χ1) is 8.36. The summed E-state index contributed by atoms with van der Waals surface area (Å²) < 4.78 is 2.02. The summed E-state index contributed by atoms with van der Waals surface area (Å²) in [5.74, 6) is 2.32. The predicted octanol–water partition coefficient (Wildman–Crippen LogP) is 2.91. The van der Waals surface area contributed by atoms with Crippen LogP contribution < -0.4 is 10.6 Å². The molecule has 0 atom stereocenters. The smallest absolute Gasteiger partial charge is 0.150 e. The molecule has 0 aliphatic heterocycles. The molecule has 1 aromatic heterocycles. The minimum Gasteiger partial charge on any atom is -0.394 e. The lowest BCUT2D eigenvalue weighted by atomic mass is 10.1. The largest absolute Gasteiger partial charge is 0.394 e. The van der Waals surface area contributed by atoms with E-state index in [-0.39, 0.29) is 0 Å². The molecule has 0 unspecified atom stereocenters. The highest BCUT2D eigenvalue weighted by atomic mass is 15.4. The van der Waals surface area contributed by atoms with Crippen molar-refractivity contribution in [3.63, 3.8) is 0 Å². The lowest BCUT2D eigenvalue weighted by Gasteiger charge is -2.29. The van der Waals surface area contributed by atoms with Crippen LogP contribution in [0, 0.1) is 18.8 Å². The Morgan fingerprint density at radius 1 is 1.17 bits per heavy atom. The molecular formula is C14H28N4. The number of nitrogen functional groups attached to an aromatic ring is 1. The van der Waals surface area contributed by atoms with E-state index in [1.165, 1.54) is 0 Å². The van der Waals surface area contributed by atoms with Crippen LogP contribution in [0.3, 0.4) is 0 Å². The van der Waals surface area contributed by atoms with E-state index in [2.05, 4.69) is 44.6 Å². The van der Waals surface area contributed by atoms with E-state index in [9.17, 15) is 0 Å². The molecule has 0 aromatic carbocycles. The maximum absolute atomic E-state index is 6.21. The number of hydrogen-bond acceptors (Lipinski definition) is 3. The molecular weight excluding hydrogens is 224 g/mol. The Morgan fingerprint density at radius 2 is 1.67 bits per heavy atom. The second kappa shape index (κ2) is 6.12. The summed E-state index contributed by atoms with van der Waals surface area (Å²) in [7, 11) is 0. The number of aryl methyl sites for hydroxylation is 2. The number of aromatic nitrogens is 2. The van der Waals surface area contributed by atoms with Crippen LogP contribution in [0.25, 0.3) is 0 Å². The van der Waals surface area contributed by atoms with Gasteiger partial charge in [0.05, 0.1) is 11.4 Å². The van der Waals surface area contributed by atoms with Crippen molar-refractivity contribution < 1.29 is 0 Å². The van der Waals surface area contributed by atoms with Crippen LogP contribution in [0.4, 0.5) is 11.5 Å². The number of nitrogens with zero attached hydrogens (tertiary/aromatic N) is 3. The maximum atomic E-state index is 6.21. The van der Waals surface area contributed by atoms with Gasteiger partial charge < -0.3 is 10.6 Å². The van der Waals surface area contributed by atoms with Crippen molar-refractivity contribution in [2.24, 2.45) is 11.8 Å². The average molecular weight is 252 g/mol. The van der Waals surface area contributed by atoms with Gasteiger partial charge >= 0.3 is 0 Å². The molecule has 4 heteroatoms. The van der Waals surface area contributed by atoms with Gasteiger partial charge in [-0.15, -0.1) is 0 Å². The molecule has 0 amide bonds. The van der Waals surface area contributed by atoms with E-state index in [0.29, 0.717) is 11.8 Å². The standard InChI is InChI=1S/C14H28N4/c1-7-18-14(13(15)12(6)16-18)17(8-10(2)3)9-11(4)5/h10-11H,7-9,15H2,1-6H3. The van der Waals surface area contributed by atoms with E-state index in [4.69, 9.17) is 5.73 Å². The van der Waals surface area contributed by atoms with E-state index >= 15 is 0 Å². The Hall–Kier alpha value is -1.19. The third-order valence-electron chi connectivity index (χ3n) is 2.92. The van der Waals surface area contributed by atoms with Gasteiger partial charge in [0.2, 0.25) is 0 Å². The molecule has 1 rings (SSSR count). The van der Waals surface area contributed by atoms with Gasteiger partial charge in [0.1, 0.15) is 0 Å². The molecule has 0 spiro atoms. The Balaban J connectivity index is 3.10. The zero-order chi connectivity index (χ0) is 13.9. The maximum Gasteiger partial charge on any atom is 0.150 e. The monoisotopic (exact) mass is 252 g/mol. The zero-order valence-corrected chi connectivity index (χ0v) is 12.7. The molecule has 0 aliphatic rings. The van der Waals surface area contributed by atoms with Crippen LogP contribution in [0.2, 0.25) is 0 Å². The van der Waals surface area contributed by atoms with Gasteiger partial charge in [0, 0.05) is 19.6 Å². The lowest BCUT2D eigenvalue weighted by molar-refractivity contribution is 0.530. The van der Waals surface area contributed by atoms with Crippen molar-refractivity contribution >= 4 is 11.5 Å². The molecule has 0 saturated heterocycles. The molecule has 0 radical (unpaired) electrons. The van der Waals surface area contributed by atoms with Crippen molar-refractivity contribution in [1.29, 1.82) is 0 Å². The van der Waals surface area contributed by atoms with E-state index in [0.717, 1.165) is 36.8 Å². The van der Waals surface area contributed by atoms with Crippen molar-refractivity contribution in [1.82, 2.24) is 9.78 Å². The quantitative estimate of drug-likeness (QED) is 0.847. The first-order valence-corrected chi connectivity index (χ1v) is 6.94. The Bertz CT molecular complexity index is 369. The third kappa shape index (κ3) is 3.40. The highest BCUT2D eigenvalue weighted by molar-refractivity contribution is 5.66. The summed E-state index contributed by atoms with van der Waals surface area (Å²) in [6.07, 6.45) is 0. The Kier molecular flexibility index (Phi) is 5.05. The van der Waals surface area contributed by atoms with Crippen molar-refractivity contribution in [2.75, 3.05) is 23.7 Å². The molecule has 4 nitrogen and oxygen atoms in total. The number of nitrogens with two attached hydrogens (primary N) is 1. The van der Waals surface area contributed by atoms with Gasteiger partial charge in [0.15, 0.2) is 5.82 Å². The van der Waals surface area contributed by atoms with Crippen LogP contribution in [-0.2, 0) is 6.54 Å². The van der Waals surface area contributed by atoms with Crippen LogP contribution in [0.1, 0.15) is 40.3 Å². The third-order valence-corrected chi connectivity index (χ3v) is 2.92. The predicted molar refractivity (Wildman–Crippen MR) is 78.9 cm³/mol. The Morgan fingerprint density at radius 3 is 2.06 bits per heavy atom. The SMILES string of the molecule is CCn1nc(C)c(N)c1N(CC(C)C)CC(C)C.